The highest BCUT2D eigenvalue weighted by molar-refractivity contribution is 5.86. The van der Waals surface area contributed by atoms with E-state index in [1.807, 2.05) is 26.0 Å². The van der Waals surface area contributed by atoms with E-state index in [1.165, 1.54) is 7.11 Å². The molecule has 2 atom stereocenters. The molecule has 2 unspecified atom stereocenters. The Kier molecular flexibility index (Phi) is 7.26. The van der Waals surface area contributed by atoms with Crippen LogP contribution in [0.2, 0.25) is 0 Å². The highest BCUT2D eigenvalue weighted by Gasteiger charge is 2.20. The highest BCUT2D eigenvalue weighted by Crippen LogP contribution is 2.26. The predicted octanol–water partition coefficient (Wildman–Crippen LogP) is 2.69. The first kappa shape index (κ1) is 21.1. The van der Waals surface area contributed by atoms with Gasteiger partial charge < -0.3 is 14.2 Å². The van der Waals surface area contributed by atoms with Crippen molar-refractivity contribution in [1.82, 2.24) is 10.9 Å². The first-order valence-electron chi connectivity index (χ1n) is 8.95. The third-order valence-electron chi connectivity index (χ3n) is 4.21. The minimum Gasteiger partial charge on any atom is -0.493 e. The van der Waals surface area contributed by atoms with Crippen molar-refractivity contribution in [2.45, 2.75) is 39.9 Å². The van der Waals surface area contributed by atoms with Crippen molar-refractivity contribution in [2.75, 3.05) is 7.11 Å². The van der Waals surface area contributed by atoms with Crippen molar-refractivity contribution in [3.05, 3.63) is 53.6 Å². The molecule has 0 bridgehead atoms. The summed E-state index contributed by atoms with van der Waals surface area (Å²) in [7, 11) is 1.52. The molecule has 7 nitrogen and oxygen atoms in total. The monoisotopic (exact) mass is 386 g/mol. The van der Waals surface area contributed by atoms with Gasteiger partial charge >= 0.3 is 0 Å². The molecular weight excluding hydrogens is 360 g/mol. The standard InChI is InChI=1S/C21H26N2O5/c1-13-10-11-17(12-14(13)2)27-15(3)20(24)22-23-21(25)16(4)28-19-9-7-6-8-18(19)26-5/h6-12,15-16H,1-5H3,(H,22,24)(H,23,25). The van der Waals surface area contributed by atoms with Crippen molar-refractivity contribution in [1.29, 1.82) is 0 Å². The zero-order valence-corrected chi connectivity index (χ0v) is 16.7. The maximum atomic E-state index is 12.2. The zero-order chi connectivity index (χ0) is 20.7. The summed E-state index contributed by atoms with van der Waals surface area (Å²) >= 11 is 0. The Labute approximate surface area is 165 Å². The number of benzene rings is 2. The second-order valence-electron chi connectivity index (χ2n) is 6.40. The van der Waals surface area contributed by atoms with E-state index in [2.05, 4.69) is 10.9 Å². The topological polar surface area (TPSA) is 85.9 Å². The minimum atomic E-state index is -0.840. The van der Waals surface area contributed by atoms with Crippen LogP contribution in [0.15, 0.2) is 42.5 Å². The molecule has 0 fully saturated rings. The van der Waals surface area contributed by atoms with Gasteiger partial charge in [-0.15, -0.1) is 0 Å². The summed E-state index contributed by atoms with van der Waals surface area (Å²) in [6.07, 6.45) is -1.62. The van der Waals surface area contributed by atoms with Crippen LogP contribution in [-0.4, -0.2) is 31.1 Å². The first-order valence-corrected chi connectivity index (χ1v) is 8.95. The van der Waals surface area contributed by atoms with E-state index in [0.29, 0.717) is 17.2 Å². The number of rotatable bonds is 7. The highest BCUT2D eigenvalue weighted by atomic mass is 16.5. The Morgan fingerprint density at radius 2 is 1.39 bits per heavy atom. The van der Waals surface area contributed by atoms with Gasteiger partial charge in [0.15, 0.2) is 23.7 Å². The van der Waals surface area contributed by atoms with Crippen molar-refractivity contribution < 1.29 is 23.8 Å². The SMILES string of the molecule is COc1ccccc1OC(C)C(=O)NNC(=O)C(C)Oc1ccc(C)c(C)c1. The number of nitrogens with one attached hydrogen (secondary N) is 2. The van der Waals surface area contributed by atoms with Crippen LogP contribution in [-0.2, 0) is 9.59 Å². The second-order valence-corrected chi connectivity index (χ2v) is 6.40. The molecule has 2 rings (SSSR count). The van der Waals surface area contributed by atoms with Crippen molar-refractivity contribution in [3.8, 4) is 17.2 Å². The molecule has 0 saturated carbocycles. The van der Waals surface area contributed by atoms with Crippen LogP contribution >= 0.6 is 0 Å². The molecule has 0 aliphatic rings. The van der Waals surface area contributed by atoms with E-state index < -0.39 is 24.0 Å². The number of hydrogen-bond donors (Lipinski definition) is 2. The van der Waals surface area contributed by atoms with Crippen LogP contribution < -0.4 is 25.1 Å². The molecular formula is C21H26N2O5. The molecule has 0 aliphatic heterocycles. The average molecular weight is 386 g/mol. The maximum absolute atomic E-state index is 12.2. The van der Waals surface area contributed by atoms with E-state index in [9.17, 15) is 9.59 Å². The molecule has 150 valence electrons. The Morgan fingerprint density at radius 1 is 0.821 bits per heavy atom. The van der Waals surface area contributed by atoms with Gasteiger partial charge in [0.25, 0.3) is 11.8 Å². The van der Waals surface area contributed by atoms with Crippen molar-refractivity contribution in [3.63, 3.8) is 0 Å². The molecule has 0 aliphatic carbocycles. The smallest absolute Gasteiger partial charge is 0.279 e. The van der Waals surface area contributed by atoms with Gasteiger partial charge in [-0.3, -0.25) is 20.4 Å². The molecule has 0 radical (unpaired) electrons. The van der Waals surface area contributed by atoms with Crippen LogP contribution in [0.4, 0.5) is 0 Å². The summed E-state index contributed by atoms with van der Waals surface area (Å²) in [6, 6.07) is 12.6. The number of aryl methyl sites for hydroxylation is 2. The summed E-state index contributed by atoms with van der Waals surface area (Å²) in [5.41, 5.74) is 6.90. The number of amides is 2. The van der Waals surface area contributed by atoms with E-state index in [0.717, 1.165) is 11.1 Å². The van der Waals surface area contributed by atoms with Gasteiger partial charge in [0.1, 0.15) is 5.75 Å². The Morgan fingerprint density at radius 3 is 1.96 bits per heavy atom. The fraction of sp³-hybridized carbons (Fsp3) is 0.333. The lowest BCUT2D eigenvalue weighted by atomic mass is 10.1. The summed E-state index contributed by atoms with van der Waals surface area (Å²) < 4.78 is 16.4. The van der Waals surface area contributed by atoms with Crippen molar-refractivity contribution in [2.24, 2.45) is 0 Å². The number of hydrazine groups is 1. The number of ether oxygens (including phenoxy) is 3. The third-order valence-corrected chi connectivity index (χ3v) is 4.21. The molecule has 2 amide bonds. The van der Waals surface area contributed by atoms with Crippen LogP contribution in [0, 0.1) is 13.8 Å². The van der Waals surface area contributed by atoms with Gasteiger partial charge in [-0.1, -0.05) is 18.2 Å². The van der Waals surface area contributed by atoms with Gasteiger partial charge in [-0.05, 0) is 63.1 Å². The second kappa shape index (κ2) is 9.64. The quantitative estimate of drug-likeness (QED) is 0.715. The molecule has 7 heteroatoms. The van der Waals surface area contributed by atoms with Crippen LogP contribution in [0.25, 0.3) is 0 Å². The molecule has 28 heavy (non-hydrogen) atoms. The fourth-order valence-electron chi connectivity index (χ4n) is 2.33. The van der Waals surface area contributed by atoms with Gasteiger partial charge in [-0.2, -0.15) is 0 Å². The third kappa shape index (κ3) is 5.64. The molecule has 2 aromatic carbocycles. The molecule has 2 N–H and O–H groups in total. The number of carbonyl (C=O) groups is 2. The Bertz CT molecular complexity index is 837. The van der Waals surface area contributed by atoms with Gasteiger partial charge in [0.2, 0.25) is 0 Å². The number of para-hydroxylation sites is 2. The largest absolute Gasteiger partial charge is 0.493 e. The molecule has 0 heterocycles. The zero-order valence-electron chi connectivity index (χ0n) is 16.7. The summed E-state index contributed by atoms with van der Waals surface area (Å²) in [4.78, 5) is 24.4. The molecule has 0 spiro atoms. The first-order chi connectivity index (χ1) is 13.3. The summed E-state index contributed by atoms with van der Waals surface area (Å²) in [6.45, 7) is 7.14. The number of hydrogen-bond acceptors (Lipinski definition) is 5. The van der Waals surface area contributed by atoms with E-state index in [1.54, 1.807) is 44.2 Å². The average Bonchev–Trinajstić information content (AvgIpc) is 2.68. The van der Waals surface area contributed by atoms with Gasteiger partial charge in [0, 0.05) is 0 Å². The maximum Gasteiger partial charge on any atom is 0.279 e. The Hall–Kier alpha value is -3.22. The van der Waals surface area contributed by atoms with Gasteiger partial charge in [0.05, 0.1) is 7.11 Å². The molecule has 2 aromatic rings. The van der Waals surface area contributed by atoms with Crippen LogP contribution in [0.1, 0.15) is 25.0 Å². The van der Waals surface area contributed by atoms with E-state index in [-0.39, 0.29) is 0 Å². The van der Waals surface area contributed by atoms with E-state index >= 15 is 0 Å². The fourth-order valence-corrected chi connectivity index (χ4v) is 2.33. The Balaban J connectivity index is 1.85. The van der Waals surface area contributed by atoms with E-state index in [4.69, 9.17) is 14.2 Å². The van der Waals surface area contributed by atoms with Crippen LogP contribution in [0.5, 0.6) is 17.2 Å². The normalized spacial score (nSPS) is 12.5. The minimum absolute atomic E-state index is 0.436. The summed E-state index contributed by atoms with van der Waals surface area (Å²) in [5.74, 6) is 0.561. The van der Waals surface area contributed by atoms with Crippen LogP contribution in [0.3, 0.4) is 0 Å². The van der Waals surface area contributed by atoms with Gasteiger partial charge in [-0.25, -0.2) is 0 Å². The molecule has 0 aromatic heterocycles. The summed E-state index contributed by atoms with van der Waals surface area (Å²) in [5, 5.41) is 0. The van der Waals surface area contributed by atoms with Crippen molar-refractivity contribution >= 4 is 11.8 Å². The lowest BCUT2D eigenvalue weighted by molar-refractivity contribution is -0.135. The molecule has 0 saturated heterocycles. The predicted molar refractivity (Wildman–Crippen MR) is 105 cm³/mol. The lowest BCUT2D eigenvalue weighted by Gasteiger charge is -2.18. The number of methoxy groups -OCH3 is 1. The number of carbonyl (C=O) groups excluding carboxylic acids is 2. The lowest BCUT2D eigenvalue weighted by Crippen LogP contribution is -2.50.